The molecule has 4 aromatic rings. The zero-order chi connectivity index (χ0) is 15.6. The van der Waals surface area contributed by atoms with Gasteiger partial charge in [0.15, 0.2) is 5.13 Å². The van der Waals surface area contributed by atoms with Crippen LogP contribution in [-0.2, 0) is 11.2 Å². The molecule has 1 amide bonds. The van der Waals surface area contributed by atoms with Gasteiger partial charge in [0.2, 0.25) is 5.91 Å². The number of thiazole rings is 1. The number of nitrogens with one attached hydrogen (secondary N) is 1. The van der Waals surface area contributed by atoms with Crippen molar-refractivity contribution in [2.24, 2.45) is 0 Å². The fourth-order valence-corrected chi connectivity index (χ4v) is 3.59. The van der Waals surface area contributed by atoms with Crippen molar-refractivity contribution in [1.82, 2.24) is 4.98 Å². The van der Waals surface area contributed by atoms with E-state index in [0.717, 1.165) is 26.6 Å². The summed E-state index contributed by atoms with van der Waals surface area (Å²) in [4.78, 5) is 16.8. The van der Waals surface area contributed by atoms with Crippen LogP contribution in [0.1, 0.15) is 5.56 Å². The van der Waals surface area contributed by atoms with Crippen LogP contribution >= 0.6 is 11.3 Å². The number of amides is 1. The van der Waals surface area contributed by atoms with E-state index < -0.39 is 0 Å². The predicted octanol–water partition coefficient (Wildman–Crippen LogP) is 4.63. The Labute approximate surface area is 137 Å². The summed E-state index contributed by atoms with van der Waals surface area (Å²) in [6, 6.07) is 22.0. The fraction of sp³-hybridized carbons (Fsp3) is 0.0526. The summed E-state index contributed by atoms with van der Waals surface area (Å²) in [7, 11) is 0. The molecule has 0 saturated carbocycles. The van der Waals surface area contributed by atoms with Gasteiger partial charge in [0.1, 0.15) is 0 Å². The molecule has 3 aromatic carbocycles. The molecule has 0 fully saturated rings. The van der Waals surface area contributed by atoms with Crippen molar-refractivity contribution in [2.45, 2.75) is 6.42 Å². The van der Waals surface area contributed by atoms with Gasteiger partial charge in [-0.15, -0.1) is 0 Å². The first-order valence-corrected chi connectivity index (χ1v) is 8.23. The highest BCUT2D eigenvalue weighted by Crippen LogP contribution is 2.26. The average Bonchev–Trinajstić information content (AvgIpc) is 2.97. The van der Waals surface area contributed by atoms with Crippen LogP contribution in [0.15, 0.2) is 66.7 Å². The molecule has 0 aliphatic rings. The van der Waals surface area contributed by atoms with Crippen molar-refractivity contribution in [3.63, 3.8) is 0 Å². The first-order chi connectivity index (χ1) is 11.3. The van der Waals surface area contributed by atoms with E-state index in [1.54, 1.807) is 0 Å². The van der Waals surface area contributed by atoms with Crippen molar-refractivity contribution < 1.29 is 4.79 Å². The minimum atomic E-state index is -0.0413. The largest absolute Gasteiger partial charge is 0.302 e. The normalized spacial score (nSPS) is 11.0. The number of fused-ring (bicyclic) bond motifs is 2. The lowest BCUT2D eigenvalue weighted by Crippen LogP contribution is -2.14. The molecule has 1 aromatic heterocycles. The molecule has 112 valence electrons. The van der Waals surface area contributed by atoms with Crippen molar-refractivity contribution >= 4 is 43.4 Å². The SMILES string of the molecule is O=C(Cc1cccc2ccccc12)Nc1nc2ccccc2s1. The Balaban J connectivity index is 1.57. The number of carbonyl (C=O) groups excluding carboxylic acids is 1. The summed E-state index contributed by atoms with van der Waals surface area (Å²) < 4.78 is 1.08. The molecule has 0 aliphatic heterocycles. The Hall–Kier alpha value is -2.72. The lowest BCUT2D eigenvalue weighted by molar-refractivity contribution is -0.115. The Morgan fingerprint density at radius 3 is 2.65 bits per heavy atom. The number of rotatable bonds is 3. The van der Waals surface area contributed by atoms with E-state index in [0.29, 0.717) is 11.6 Å². The van der Waals surface area contributed by atoms with Gasteiger partial charge in [-0.25, -0.2) is 4.98 Å². The van der Waals surface area contributed by atoms with Gasteiger partial charge in [-0.2, -0.15) is 0 Å². The lowest BCUT2D eigenvalue weighted by atomic mass is 10.0. The van der Waals surface area contributed by atoms with Crippen LogP contribution in [0.25, 0.3) is 21.0 Å². The maximum atomic E-state index is 12.4. The number of anilines is 1. The Bertz CT molecular complexity index is 968. The molecular formula is C19H14N2OS. The zero-order valence-corrected chi connectivity index (χ0v) is 13.1. The predicted molar refractivity (Wildman–Crippen MR) is 95.9 cm³/mol. The molecule has 0 spiro atoms. The topological polar surface area (TPSA) is 42.0 Å². The highest BCUT2D eigenvalue weighted by molar-refractivity contribution is 7.22. The fourth-order valence-electron chi connectivity index (χ4n) is 2.71. The summed E-state index contributed by atoms with van der Waals surface area (Å²) in [6.07, 6.45) is 0.345. The van der Waals surface area contributed by atoms with Crippen LogP contribution in [0, 0.1) is 0 Å². The van der Waals surface area contributed by atoms with E-state index in [1.807, 2.05) is 48.5 Å². The second kappa shape index (κ2) is 5.82. The molecule has 0 aliphatic carbocycles. The highest BCUT2D eigenvalue weighted by atomic mass is 32.1. The third-order valence-corrected chi connectivity index (χ3v) is 4.72. The third kappa shape index (κ3) is 2.81. The number of para-hydroxylation sites is 1. The number of aromatic nitrogens is 1. The van der Waals surface area contributed by atoms with Crippen LogP contribution in [0.3, 0.4) is 0 Å². The molecule has 4 rings (SSSR count). The second-order valence-corrected chi connectivity index (χ2v) is 6.38. The molecule has 0 saturated heterocycles. The number of nitrogens with zero attached hydrogens (tertiary/aromatic N) is 1. The van der Waals surface area contributed by atoms with E-state index in [4.69, 9.17) is 0 Å². The molecule has 23 heavy (non-hydrogen) atoms. The minimum Gasteiger partial charge on any atom is -0.302 e. The van der Waals surface area contributed by atoms with Crippen molar-refractivity contribution in [3.05, 3.63) is 72.3 Å². The Morgan fingerprint density at radius 1 is 0.957 bits per heavy atom. The monoisotopic (exact) mass is 318 g/mol. The third-order valence-electron chi connectivity index (χ3n) is 3.77. The van der Waals surface area contributed by atoms with Gasteiger partial charge in [-0.3, -0.25) is 4.79 Å². The smallest absolute Gasteiger partial charge is 0.230 e. The van der Waals surface area contributed by atoms with Gasteiger partial charge >= 0.3 is 0 Å². The second-order valence-electron chi connectivity index (χ2n) is 5.35. The summed E-state index contributed by atoms with van der Waals surface area (Å²) in [5.41, 5.74) is 1.94. The van der Waals surface area contributed by atoms with E-state index >= 15 is 0 Å². The quantitative estimate of drug-likeness (QED) is 0.598. The highest BCUT2D eigenvalue weighted by Gasteiger charge is 2.10. The molecule has 0 bridgehead atoms. The maximum Gasteiger partial charge on any atom is 0.230 e. The first-order valence-electron chi connectivity index (χ1n) is 7.42. The van der Waals surface area contributed by atoms with Crippen LogP contribution in [0.5, 0.6) is 0 Å². The molecule has 0 atom stereocenters. The lowest BCUT2D eigenvalue weighted by Gasteiger charge is -2.06. The Kier molecular flexibility index (Phi) is 3.52. The molecular weight excluding hydrogens is 304 g/mol. The molecule has 1 heterocycles. The number of hydrogen-bond acceptors (Lipinski definition) is 3. The first kappa shape index (κ1) is 13.9. The molecule has 1 N–H and O–H groups in total. The van der Waals surface area contributed by atoms with Crippen LogP contribution < -0.4 is 5.32 Å². The Morgan fingerprint density at radius 2 is 1.74 bits per heavy atom. The standard InChI is InChI=1S/C19H14N2OS/c22-18(21-19-20-16-10-3-4-11-17(16)23-19)12-14-8-5-7-13-6-1-2-9-15(13)14/h1-11H,12H2,(H,20,21,22). The summed E-state index contributed by atoms with van der Waals surface area (Å²) in [6.45, 7) is 0. The van der Waals surface area contributed by atoms with Crippen molar-refractivity contribution in [3.8, 4) is 0 Å². The minimum absolute atomic E-state index is 0.0413. The van der Waals surface area contributed by atoms with Gasteiger partial charge in [0, 0.05) is 0 Å². The molecule has 0 radical (unpaired) electrons. The van der Waals surface area contributed by atoms with Gasteiger partial charge in [0.25, 0.3) is 0 Å². The average molecular weight is 318 g/mol. The van der Waals surface area contributed by atoms with Crippen molar-refractivity contribution in [2.75, 3.05) is 5.32 Å². The zero-order valence-electron chi connectivity index (χ0n) is 12.3. The van der Waals surface area contributed by atoms with Crippen LogP contribution in [-0.4, -0.2) is 10.9 Å². The summed E-state index contributed by atoms with van der Waals surface area (Å²) >= 11 is 1.50. The van der Waals surface area contributed by atoms with Gasteiger partial charge in [-0.05, 0) is 28.5 Å². The van der Waals surface area contributed by atoms with Gasteiger partial charge in [-0.1, -0.05) is 65.9 Å². The van der Waals surface area contributed by atoms with Crippen LogP contribution in [0.4, 0.5) is 5.13 Å². The van der Waals surface area contributed by atoms with E-state index in [9.17, 15) is 4.79 Å². The summed E-state index contributed by atoms with van der Waals surface area (Å²) in [5.74, 6) is -0.0413. The van der Waals surface area contributed by atoms with Gasteiger partial charge in [0.05, 0.1) is 16.6 Å². The summed E-state index contributed by atoms with van der Waals surface area (Å²) in [5, 5.41) is 5.83. The van der Waals surface area contributed by atoms with Gasteiger partial charge < -0.3 is 5.32 Å². The van der Waals surface area contributed by atoms with Crippen molar-refractivity contribution in [1.29, 1.82) is 0 Å². The maximum absolute atomic E-state index is 12.4. The number of benzene rings is 3. The number of hydrogen-bond donors (Lipinski definition) is 1. The number of carbonyl (C=O) groups is 1. The molecule has 3 nitrogen and oxygen atoms in total. The molecule has 0 unspecified atom stereocenters. The van der Waals surface area contributed by atoms with E-state index in [1.165, 1.54) is 11.3 Å². The van der Waals surface area contributed by atoms with E-state index in [2.05, 4.69) is 28.5 Å². The molecule has 4 heteroatoms. The van der Waals surface area contributed by atoms with Crippen LogP contribution in [0.2, 0.25) is 0 Å². The van der Waals surface area contributed by atoms with E-state index in [-0.39, 0.29) is 5.91 Å².